The summed E-state index contributed by atoms with van der Waals surface area (Å²) in [6, 6.07) is 2.35. The van der Waals surface area contributed by atoms with Crippen molar-refractivity contribution < 1.29 is 19.1 Å². The second kappa shape index (κ2) is 10.4. The first-order valence-electron chi connectivity index (χ1n) is 10.4. The van der Waals surface area contributed by atoms with Gasteiger partial charge in [-0.25, -0.2) is 9.97 Å². The van der Waals surface area contributed by atoms with Gasteiger partial charge < -0.3 is 20.1 Å². The molecule has 3 aromatic rings. The number of methoxy groups -OCH3 is 2. The predicted octanol–water partition coefficient (Wildman–Crippen LogP) is 2.35. The van der Waals surface area contributed by atoms with E-state index in [9.17, 15) is 14.4 Å². The number of aryl methyl sites for hydroxylation is 1. The lowest BCUT2D eigenvalue weighted by atomic mass is 9.98. The zero-order valence-corrected chi connectivity index (χ0v) is 20.0. The van der Waals surface area contributed by atoms with Crippen LogP contribution in [-0.4, -0.2) is 46.6 Å². The quantitative estimate of drug-likeness (QED) is 0.489. The zero-order valence-electron chi connectivity index (χ0n) is 19.2. The second-order valence-electron chi connectivity index (χ2n) is 7.62. The molecule has 11 heteroatoms. The van der Waals surface area contributed by atoms with E-state index in [2.05, 4.69) is 20.6 Å². The van der Waals surface area contributed by atoms with Gasteiger partial charge in [-0.15, -0.1) is 11.3 Å². The van der Waals surface area contributed by atoms with E-state index in [-0.39, 0.29) is 18.4 Å². The van der Waals surface area contributed by atoms with Crippen LogP contribution in [0.15, 0.2) is 28.6 Å². The number of aromatic nitrogens is 3. The Balaban J connectivity index is 1.80. The molecule has 0 fully saturated rings. The molecule has 0 radical (unpaired) electrons. The molecule has 0 bridgehead atoms. The monoisotopic (exact) mass is 473 g/mol. The SMILES string of the molecule is CCC(C)[C@H](NC(=O)Cn1cnc2cc(OC)c(OC)cc2c1=O)C(=O)Nc1nc(C)cs1. The average Bonchev–Trinajstić information content (AvgIpc) is 3.22. The molecule has 2 amide bonds. The molecule has 33 heavy (non-hydrogen) atoms. The van der Waals surface area contributed by atoms with Crippen LogP contribution in [0.4, 0.5) is 5.13 Å². The van der Waals surface area contributed by atoms with Gasteiger partial charge in [0, 0.05) is 11.4 Å². The smallest absolute Gasteiger partial charge is 0.261 e. The number of anilines is 1. The van der Waals surface area contributed by atoms with Crippen molar-refractivity contribution in [2.24, 2.45) is 5.92 Å². The Morgan fingerprint density at radius 3 is 2.52 bits per heavy atom. The third-order valence-electron chi connectivity index (χ3n) is 5.30. The molecule has 0 aliphatic carbocycles. The third kappa shape index (κ3) is 5.48. The van der Waals surface area contributed by atoms with Crippen LogP contribution in [0, 0.1) is 12.8 Å². The van der Waals surface area contributed by atoms with Gasteiger partial charge in [0.15, 0.2) is 16.6 Å². The van der Waals surface area contributed by atoms with Crippen LogP contribution in [0.1, 0.15) is 26.0 Å². The van der Waals surface area contributed by atoms with Crippen molar-refractivity contribution in [2.45, 2.75) is 39.8 Å². The van der Waals surface area contributed by atoms with Gasteiger partial charge in [0.25, 0.3) is 5.56 Å². The first kappa shape index (κ1) is 24.2. The number of nitrogens with zero attached hydrogens (tertiary/aromatic N) is 3. The lowest BCUT2D eigenvalue weighted by Crippen LogP contribution is -2.49. The van der Waals surface area contributed by atoms with Crippen molar-refractivity contribution in [2.75, 3.05) is 19.5 Å². The van der Waals surface area contributed by atoms with Crippen molar-refractivity contribution >= 4 is 39.2 Å². The highest BCUT2D eigenvalue weighted by Gasteiger charge is 2.27. The number of amides is 2. The number of hydrogen-bond acceptors (Lipinski definition) is 8. The summed E-state index contributed by atoms with van der Waals surface area (Å²) in [7, 11) is 2.97. The molecule has 0 aliphatic heterocycles. The van der Waals surface area contributed by atoms with Crippen LogP contribution in [0.25, 0.3) is 10.9 Å². The summed E-state index contributed by atoms with van der Waals surface area (Å²) >= 11 is 1.32. The summed E-state index contributed by atoms with van der Waals surface area (Å²) in [5.41, 5.74) is 0.820. The van der Waals surface area contributed by atoms with E-state index in [1.54, 1.807) is 6.07 Å². The van der Waals surface area contributed by atoms with Crippen LogP contribution in [0.3, 0.4) is 0 Å². The van der Waals surface area contributed by atoms with E-state index < -0.39 is 17.5 Å². The topological polar surface area (TPSA) is 124 Å². The molecule has 2 aromatic heterocycles. The summed E-state index contributed by atoms with van der Waals surface area (Å²) in [5, 5.41) is 8.10. The second-order valence-corrected chi connectivity index (χ2v) is 8.47. The molecule has 2 atom stereocenters. The number of fused-ring (bicyclic) bond motifs is 1. The van der Waals surface area contributed by atoms with E-state index in [0.717, 1.165) is 5.69 Å². The Bertz CT molecular complexity index is 1220. The maximum absolute atomic E-state index is 12.9. The Morgan fingerprint density at radius 2 is 1.91 bits per heavy atom. The fourth-order valence-electron chi connectivity index (χ4n) is 3.27. The molecule has 1 aromatic carbocycles. The van der Waals surface area contributed by atoms with Crippen molar-refractivity contribution in [3.05, 3.63) is 39.9 Å². The van der Waals surface area contributed by atoms with Crippen molar-refractivity contribution in [1.29, 1.82) is 0 Å². The zero-order chi connectivity index (χ0) is 24.1. The van der Waals surface area contributed by atoms with E-state index >= 15 is 0 Å². The highest BCUT2D eigenvalue weighted by atomic mass is 32.1. The van der Waals surface area contributed by atoms with Crippen LogP contribution < -0.4 is 25.7 Å². The summed E-state index contributed by atoms with van der Waals surface area (Å²) in [5.74, 6) is -0.122. The Labute approximate surface area is 195 Å². The number of nitrogens with one attached hydrogen (secondary N) is 2. The van der Waals surface area contributed by atoms with Crippen LogP contribution >= 0.6 is 11.3 Å². The third-order valence-corrected chi connectivity index (χ3v) is 6.18. The molecule has 0 aliphatic rings. The molecule has 176 valence electrons. The van der Waals surface area contributed by atoms with Gasteiger partial charge in [0.1, 0.15) is 12.6 Å². The van der Waals surface area contributed by atoms with Crippen LogP contribution in [-0.2, 0) is 16.1 Å². The number of thiazole rings is 1. The lowest BCUT2D eigenvalue weighted by molar-refractivity contribution is -0.128. The number of hydrogen-bond donors (Lipinski definition) is 2. The van der Waals surface area contributed by atoms with Gasteiger partial charge in [-0.05, 0) is 18.9 Å². The van der Waals surface area contributed by atoms with E-state index in [0.29, 0.717) is 34.0 Å². The number of carbonyl (C=O) groups is 2. The summed E-state index contributed by atoms with van der Waals surface area (Å²) < 4.78 is 11.7. The number of ether oxygens (including phenoxy) is 2. The number of rotatable bonds is 9. The standard InChI is InChI=1S/C22H27N5O5S/c1-6-12(2)19(20(29)26-22-24-13(3)10-33-22)25-18(28)9-27-11-23-15-8-17(32-5)16(31-4)7-14(15)21(27)30/h7-8,10-12,19H,6,9H2,1-5H3,(H,25,28)(H,24,26,29)/t12?,19-/m0/s1. The van der Waals surface area contributed by atoms with Crippen molar-refractivity contribution in [3.63, 3.8) is 0 Å². The number of carbonyl (C=O) groups excluding carboxylic acids is 2. The first-order chi connectivity index (χ1) is 15.8. The molecule has 1 unspecified atom stereocenters. The van der Waals surface area contributed by atoms with E-state index in [4.69, 9.17) is 9.47 Å². The van der Waals surface area contributed by atoms with Gasteiger partial charge in [0.05, 0.1) is 37.1 Å². The number of benzene rings is 1. The molecule has 10 nitrogen and oxygen atoms in total. The predicted molar refractivity (Wildman–Crippen MR) is 126 cm³/mol. The van der Waals surface area contributed by atoms with Gasteiger partial charge >= 0.3 is 0 Å². The maximum atomic E-state index is 12.9. The molecule has 0 saturated carbocycles. The van der Waals surface area contributed by atoms with E-state index in [1.807, 2.05) is 26.2 Å². The minimum Gasteiger partial charge on any atom is -0.493 e. The van der Waals surface area contributed by atoms with Gasteiger partial charge in [-0.1, -0.05) is 20.3 Å². The highest BCUT2D eigenvalue weighted by molar-refractivity contribution is 7.13. The normalized spacial score (nSPS) is 12.8. The molecular formula is C22H27N5O5S. The molecule has 0 spiro atoms. The molecule has 0 saturated heterocycles. The lowest BCUT2D eigenvalue weighted by Gasteiger charge is -2.23. The molecular weight excluding hydrogens is 446 g/mol. The summed E-state index contributed by atoms with van der Waals surface area (Å²) in [6.45, 7) is 5.36. The van der Waals surface area contributed by atoms with Gasteiger partial charge in [-0.2, -0.15) is 0 Å². The fourth-order valence-corrected chi connectivity index (χ4v) is 3.96. The molecule has 2 N–H and O–H groups in total. The molecule has 2 heterocycles. The fraction of sp³-hybridized carbons (Fsp3) is 0.409. The molecule has 3 rings (SSSR count). The van der Waals surface area contributed by atoms with Gasteiger partial charge in [-0.3, -0.25) is 19.0 Å². The maximum Gasteiger partial charge on any atom is 0.261 e. The summed E-state index contributed by atoms with van der Waals surface area (Å²) in [4.78, 5) is 47.0. The van der Waals surface area contributed by atoms with E-state index in [1.165, 1.54) is 42.5 Å². The minimum atomic E-state index is -0.778. The summed E-state index contributed by atoms with van der Waals surface area (Å²) in [6.07, 6.45) is 1.97. The Morgan fingerprint density at radius 1 is 1.21 bits per heavy atom. The Kier molecular flexibility index (Phi) is 7.64. The minimum absolute atomic E-state index is 0.127. The van der Waals surface area contributed by atoms with Gasteiger partial charge in [0.2, 0.25) is 11.8 Å². The van der Waals surface area contributed by atoms with Crippen molar-refractivity contribution in [3.8, 4) is 11.5 Å². The van der Waals surface area contributed by atoms with Crippen LogP contribution in [0.5, 0.6) is 11.5 Å². The largest absolute Gasteiger partial charge is 0.493 e. The Hall–Kier alpha value is -3.47. The highest BCUT2D eigenvalue weighted by Crippen LogP contribution is 2.29. The average molecular weight is 474 g/mol. The van der Waals surface area contributed by atoms with Crippen molar-refractivity contribution in [1.82, 2.24) is 19.9 Å². The van der Waals surface area contributed by atoms with Crippen LogP contribution in [0.2, 0.25) is 0 Å². The first-order valence-corrected chi connectivity index (χ1v) is 11.3.